The lowest BCUT2D eigenvalue weighted by Gasteiger charge is -2.22. The number of amides is 1. The van der Waals surface area contributed by atoms with Crippen LogP contribution in [0.25, 0.3) is 0 Å². The largest absolute Gasteiger partial charge is 0.382 e. The van der Waals surface area contributed by atoms with Crippen molar-refractivity contribution in [3.05, 3.63) is 30.1 Å². The molecular formula is C14H23N3O3. The zero-order valence-electron chi connectivity index (χ0n) is 12.0. The lowest BCUT2D eigenvalue weighted by atomic mass is 10.2. The van der Waals surface area contributed by atoms with Crippen LogP contribution in [0.1, 0.15) is 12.0 Å². The molecule has 0 bridgehead atoms. The third-order valence-electron chi connectivity index (χ3n) is 2.74. The topological polar surface area (TPSA) is 77.7 Å². The number of rotatable bonds is 10. The van der Waals surface area contributed by atoms with Gasteiger partial charge in [-0.1, -0.05) is 6.07 Å². The number of hydrogen-bond donors (Lipinski definition) is 1. The van der Waals surface area contributed by atoms with Gasteiger partial charge in [0, 0.05) is 32.6 Å². The van der Waals surface area contributed by atoms with Gasteiger partial charge in [-0.05, 0) is 24.6 Å². The summed E-state index contributed by atoms with van der Waals surface area (Å²) in [6.45, 7) is 2.67. The standard InChI is InChI=1S/C14H23N3O3/c1-19-8-9-20-12-14(18)17(7-3-5-15)11-13-4-2-6-16-10-13/h2,4,6,10H,3,5,7-9,11-12,15H2,1H3. The Balaban J connectivity index is 2.47. The number of nitrogens with two attached hydrogens (primary N) is 1. The molecule has 0 spiro atoms. The van der Waals surface area contributed by atoms with Crippen molar-refractivity contribution in [1.82, 2.24) is 9.88 Å². The van der Waals surface area contributed by atoms with Gasteiger partial charge in [0.2, 0.25) is 5.91 Å². The molecule has 0 saturated heterocycles. The van der Waals surface area contributed by atoms with Crippen LogP contribution >= 0.6 is 0 Å². The van der Waals surface area contributed by atoms with E-state index in [-0.39, 0.29) is 12.5 Å². The maximum Gasteiger partial charge on any atom is 0.248 e. The molecule has 6 nitrogen and oxygen atoms in total. The molecule has 20 heavy (non-hydrogen) atoms. The van der Waals surface area contributed by atoms with Crippen molar-refractivity contribution in [2.45, 2.75) is 13.0 Å². The summed E-state index contributed by atoms with van der Waals surface area (Å²) in [6.07, 6.45) is 4.24. The highest BCUT2D eigenvalue weighted by Crippen LogP contribution is 2.04. The molecule has 0 atom stereocenters. The molecule has 1 aromatic rings. The summed E-state index contributed by atoms with van der Waals surface area (Å²) < 4.78 is 10.1. The molecule has 112 valence electrons. The third kappa shape index (κ3) is 6.60. The molecule has 1 aromatic heterocycles. The van der Waals surface area contributed by atoms with E-state index in [4.69, 9.17) is 15.2 Å². The van der Waals surface area contributed by atoms with E-state index in [1.807, 2.05) is 12.1 Å². The molecule has 0 unspecified atom stereocenters. The summed E-state index contributed by atoms with van der Waals surface area (Å²) in [6, 6.07) is 3.80. The fraction of sp³-hybridized carbons (Fsp3) is 0.571. The van der Waals surface area contributed by atoms with Crippen molar-refractivity contribution in [3.8, 4) is 0 Å². The second-order valence-electron chi connectivity index (χ2n) is 4.36. The minimum absolute atomic E-state index is 0.0431. The minimum atomic E-state index is -0.0431. The first kappa shape index (κ1) is 16.6. The fourth-order valence-corrected chi connectivity index (χ4v) is 1.68. The van der Waals surface area contributed by atoms with Crippen LogP contribution < -0.4 is 5.73 Å². The van der Waals surface area contributed by atoms with Crippen molar-refractivity contribution < 1.29 is 14.3 Å². The van der Waals surface area contributed by atoms with Crippen molar-refractivity contribution in [3.63, 3.8) is 0 Å². The molecular weight excluding hydrogens is 258 g/mol. The highest BCUT2D eigenvalue weighted by atomic mass is 16.5. The van der Waals surface area contributed by atoms with Gasteiger partial charge in [0.1, 0.15) is 6.61 Å². The molecule has 0 aliphatic rings. The highest BCUT2D eigenvalue weighted by molar-refractivity contribution is 5.77. The number of hydrogen-bond acceptors (Lipinski definition) is 5. The van der Waals surface area contributed by atoms with Gasteiger partial charge in [-0.15, -0.1) is 0 Å². The van der Waals surface area contributed by atoms with Crippen LogP contribution in [0.4, 0.5) is 0 Å². The fourth-order valence-electron chi connectivity index (χ4n) is 1.68. The van der Waals surface area contributed by atoms with E-state index >= 15 is 0 Å². The Labute approximate surface area is 119 Å². The first-order chi connectivity index (χ1) is 9.77. The smallest absolute Gasteiger partial charge is 0.248 e. The third-order valence-corrected chi connectivity index (χ3v) is 2.74. The maximum atomic E-state index is 12.1. The number of carbonyl (C=O) groups is 1. The molecule has 0 aliphatic heterocycles. The molecule has 1 heterocycles. The maximum absolute atomic E-state index is 12.1. The molecule has 0 saturated carbocycles. The van der Waals surface area contributed by atoms with E-state index in [1.165, 1.54) is 0 Å². The summed E-state index contributed by atoms with van der Waals surface area (Å²) >= 11 is 0. The van der Waals surface area contributed by atoms with Gasteiger partial charge in [0.05, 0.1) is 13.2 Å². The first-order valence-corrected chi connectivity index (χ1v) is 6.71. The number of pyridine rings is 1. The van der Waals surface area contributed by atoms with Gasteiger partial charge in [-0.2, -0.15) is 0 Å². The monoisotopic (exact) mass is 281 g/mol. The van der Waals surface area contributed by atoms with E-state index in [9.17, 15) is 4.79 Å². The van der Waals surface area contributed by atoms with E-state index < -0.39 is 0 Å². The summed E-state index contributed by atoms with van der Waals surface area (Å²) in [4.78, 5) is 17.9. The zero-order valence-corrected chi connectivity index (χ0v) is 12.0. The number of carbonyl (C=O) groups excluding carboxylic acids is 1. The van der Waals surface area contributed by atoms with Crippen molar-refractivity contribution in [2.75, 3.05) is 40.0 Å². The summed E-state index contributed by atoms with van der Waals surface area (Å²) in [7, 11) is 1.60. The molecule has 0 aliphatic carbocycles. The van der Waals surface area contributed by atoms with Crippen LogP contribution in [0.2, 0.25) is 0 Å². The Morgan fingerprint density at radius 3 is 2.95 bits per heavy atom. The van der Waals surface area contributed by atoms with Crippen LogP contribution in [-0.2, 0) is 20.8 Å². The molecule has 0 fully saturated rings. The van der Waals surface area contributed by atoms with Gasteiger partial charge in [0.25, 0.3) is 0 Å². The Kier molecular flexibility index (Phi) is 8.53. The second kappa shape index (κ2) is 10.3. The van der Waals surface area contributed by atoms with Crippen LogP contribution in [0.15, 0.2) is 24.5 Å². The van der Waals surface area contributed by atoms with E-state index in [0.717, 1.165) is 12.0 Å². The van der Waals surface area contributed by atoms with E-state index in [2.05, 4.69) is 4.98 Å². The number of aromatic nitrogens is 1. The highest BCUT2D eigenvalue weighted by Gasteiger charge is 2.13. The van der Waals surface area contributed by atoms with Gasteiger partial charge >= 0.3 is 0 Å². The van der Waals surface area contributed by atoms with Gasteiger partial charge in [-0.3, -0.25) is 9.78 Å². The van der Waals surface area contributed by atoms with Crippen molar-refractivity contribution >= 4 is 5.91 Å². The van der Waals surface area contributed by atoms with Gasteiger partial charge < -0.3 is 20.1 Å². The average Bonchev–Trinajstić information content (AvgIpc) is 2.48. The molecule has 1 rings (SSSR count). The minimum Gasteiger partial charge on any atom is -0.382 e. The Hall–Kier alpha value is -1.50. The van der Waals surface area contributed by atoms with E-state index in [1.54, 1.807) is 24.4 Å². The number of nitrogens with zero attached hydrogens (tertiary/aromatic N) is 2. The lowest BCUT2D eigenvalue weighted by molar-refractivity contribution is -0.137. The number of methoxy groups -OCH3 is 1. The average molecular weight is 281 g/mol. The second-order valence-corrected chi connectivity index (χ2v) is 4.36. The molecule has 2 N–H and O–H groups in total. The van der Waals surface area contributed by atoms with Crippen LogP contribution in [0.3, 0.4) is 0 Å². The predicted octanol–water partition coefficient (Wildman–Crippen LogP) is 0.422. The Bertz CT molecular complexity index is 373. The number of ether oxygens (including phenoxy) is 2. The molecule has 6 heteroatoms. The zero-order chi connectivity index (χ0) is 14.6. The Morgan fingerprint density at radius 1 is 1.45 bits per heavy atom. The first-order valence-electron chi connectivity index (χ1n) is 6.71. The summed E-state index contributed by atoms with van der Waals surface area (Å²) in [5.41, 5.74) is 6.51. The van der Waals surface area contributed by atoms with Crippen LogP contribution in [0, 0.1) is 0 Å². The normalized spacial score (nSPS) is 10.5. The Morgan fingerprint density at radius 2 is 2.30 bits per heavy atom. The SMILES string of the molecule is COCCOCC(=O)N(CCCN)Cc1cccnc1. The predicted molar refractivity (Wildman–Crippen MR) is 76.0 cm³/mol. The van der Waals surface area contributed by atoms with Crippen LogP contribution in [0.5, 0.6) is 0 Å². The molecule has 1 amide bonds. The van der Waals surface area contributed by atoms with E-state index in [0.29, 0.717) is 32.8 Å². The summed E-state index contributed by atoms with van der Waals surface area (Å²) in [5.74, 6) is -0.0431. The van der Waals surface area contributed by atoms with Gasteiger partial charge in [0.15, 0.2) is 0 Å². The van der Waals surface area contributed by atoms with Gasteiger partial charge in [-0.25, -0.2) is 0 Å². The van der Waals surface area contributed by atoms with Crippen molar-refractivity contribution in [2.24, 2.45) is 5.73 Å². The molecule has 0 radical (unpaired) electrons. The quantitative estimate of drug-likeness (QED) is 0.629. The molecule has 0 aromatic carbocycles. The van der Waals surface area contributed by atoms with Crippen LogP contribution in [-0.4, -0.2) is 55.8 Å². The lowest BCUT2D eigenvalue weighted by Crippen LogP contribution is -2.35. The summed E-state index contributed by atoms with van der Waals surface area (Å²) in [5, 5.41) is 0. The van der Waals surface area contributed by atoms with Crippen molar-refractivity contribution in [1.29, 1.82) is 0 Å².